The van der Waals surface area contributed by atoms with Crippen molar-refractivity contribution in [1.82, 2.24) is 0 Å². The average Bonchev–Trinajstić information content (AvgIpc) is 2.73. The minimum absolute atomic E-state index is 0.0301. The third-order valence-corrected chi connectivity index (χ3v) is 5.02. The second kappa shape index (κ2) is 5.23. The summed E-state index contributed by atoms with van der Waals surface area (Å²) in [6, 6.07) is 13.9. The fourth-order valence-corrected chi connectivity index (χ4v) is 3.57. The van der Waals surface area contributed by atoms with Crippen molar-refractivity contribution in [3.8, 4) is 0 Å². The molecule has 1 aliphatic rings. The number of alkyl halides is 1. The highest BCUT2D eigenvalue weighted by molar-refractivity contribution is 9.09. The van der Waals surface area contributed by atoms with E-state index in [1.165, 1.54) is 0 Å². The first-order valence-corrected chi connectivity index (χ1v) is 7.65. The van der Waals surface area contributed by atoms with E-state index in [2.05, 4.69) is 22.0 Å². The van der Waals surface area contributed by atoms with Gasteiger partial charge in [0.05, 0.1) is 11.2 Å². The molecule has 1 atom stereocenters. The third kappa shape index (κ3) is 2.25. The lowest BCUT2D eigenvalue weighted by Gasteiger charge is -2.15. The van der Waals surface area contributed by atoms with Crippen molar-refractivity contribution in [3.05, 3.63) is 64.2 Å². The van der Waals surface area contributed by atoms with E-state index in [0.29, 0.717) is 6.42 Å². The summed E-state index contributed by atoms with van der Waals surface area (Å²) >= 11 is 9.94. The van der Waals surface area contributed by atoms with E-state index in [1.54, 1.807) is 4.90 Å². The van der Waals surface area contributed by atoms with Crippen LogP contribution in [0.3, 0.4) is 0 Å². The van der Waals surface area contributed by atoms with Crippen molar-refractivity contribution in [2.45, 2.75) is 11.2 Å². The fraction of sp³-hybridized carbons (Fsp3) is 0.188. The second-order valence-corrected chi connectivity index (χ2v) is 6.22. The van der Waals surface area contributed by atoms with Crippen LogP contribution in [0.5, 0.6) is 0 Å². The Labute approximate surface area is 131 Å². The van der Waals surface area contributed by atoms with Crippen molar-refractivity contribution in [2.75, 3.05) is 11.9 Å². The van der Waals surface area contributed by atoms with E-state index in [0.717, 1.165) is 27.4 Å². The van der Waals surface area contributed by atoms with Gasteiger partial charge in [-0.2, -0.15) is 0 Å². The Morgan fingerprint density at radius 2 is 2.00 bits per heavy atom. The van der Waals surface area contributed by atoms with E-state index in [-0.39, 0.29) is 10.7 Å². The minimum atomic E-state index is 0.0301. The highest BCUT2D eigenvalue weighted by Crippen LogP contribution is 2.38. The van der Waals surface area contributed by atoms with Gasteiger partial charge in [0.1, 0.15) is 0 Å². The van der Waals surface area contributed by atoms with Gasteiger partial charge in [-0.3, -0.25) is 4.79 Å². The zero-order valence-electron chi connectivity index (χ0n) is 10.9. The lowest BCUT2D eigenvalue weighted by molar-refractivity contribution is -0.117. The number of likely N-dealkylation sites (N-methyl/N-ethyl adjacent to an activating group) is 1. The number of carbonyl (C=O) groups excluding carboxylic acids is 1. The van der Waals surface area contributed by atoms with Crippen LogP contribution in [0, 0.1) is 0 Å². The summed E-state index contributed by atoms with van der Waals surface area (Å²) < 4.78 is 0. The Balaban J connectivity index is 1.99. The van der Waals surface area contributed by atoms with Crippen LogP contribution in [-0.2, 0) is 11.2 Å². The molecule has 0 saturated carbocycles. The molecule has 0 bridgehead atoms. The van der Waals surface area contributed by atoms with Crippen LogP contribution in [-0.4, -0.2) is 13.0 Å². The normalized spacial score (nSPS) is 15.3. The molecule has 0 radical (unpaired) electrons. The summed E-state index contributed by atoms with van der Waals surface area (Å²) in [6.45, 7) is 0. The maximum atomic E-state index is 11.7. The van der Waals surface area contributed by atoms with E-state index in [9.17, 15) is 4.79 Å². The highest BCUT2D eigenvalue weighted by atomic mass is 79.9. The van der Waals surface area contributed by atoms with Gasteiger partial charge in [0, 0.05) is 17.8 Å². The summed E-state index contributed by atoms with van der Waals surface area (Å²) in [7, 11) is 1.81. The molecule has 1 heterocycles. The molecule has 1 unspecified atom stereocenters. The predicted molar refractivity (Wildman–Crippen MR) is 85.8 cm³/mol. The van der Waals surface area contributed by atoms with Crippen molar-refractivity contribution in [3.63, 3.8) is 0 Å². The Hall–Kier alpha value is -1.32. The third-order valence-electron chi connectivity index (χ3n) is 3.65. The molecule has 2 aromatic rings. The van der Waals surface area contributed by atoms with Gasteiger partial charge in [-0.25, -0.2) is 0 Å². The Kier molecular flexibility index (Phi) is 3.57. The number of hydrogen-bond donors (Lipinski definition) is 0. The predicted octanol–water partition coefficient (Wildman–Crippen LogP) is 4.34. The van der Waals surface area contributed by atoms with Gasteiger partial charge < -0.3 is 4.90 Å². The molecular formula is C16H13BrClNO. The number of carbonyl (C=O) groups is 1. The topological polar surface area (TPSA) is 20.3 Å². The second-order valence-electron chi connectivity index (χ2n) is 4.90. The standard InChI is InChI=1S/C16H13BrClNO/c1-19-14-7-6-10(8-11(14)9-15(19)20)16(17)12-4-2-3-5-13(12)18/h2-8,16H,9H2,1H3. The SMILES string of the molecule is CN1C(=O)Cc2cc(C(Br)c3ccccc3Cl)ccc21. The monoisotopic (exact) mass is 349 g/mol. The van der Waals surface area contributed by atoms with Crippen LogP contribution in [0.1, 0.15) is 21.5 Å². The smallest absolute Gasteiger partial charge is 0.231 e. The quantitative estimate of drug-likeness (QED) is 0.738. The molecule has 102 valence electrons. The zero-order valence-corrected chi connectivity index (χ0v) is 13.3. The fourth-order valence-electron chi connectivity index (χ4n) is 2.51. The number of fused-ring (bicyclic) bond motifs is 1. The molecule has 1 aliphatic heterocycles. The van der Waals surface area contributed by atoms with E-state index in [1.807, 2.05) is 43.4 Å². The van der Waals surface area contributed by atoms with Gasteiger partial charge in [-0.1, -0.05) is 57.9 Å². The lowest BCUT2D eigenvalue weighted by atomic mass is 10.0. The van der Waals surface area contributed by atoms with Crippen molar-refractivity contribution < 1.29 is 4.79 Å². The molecule has 4 heteroatoms. The van der Waals surface area contributed by atoms with Crippen LogP contribution in [0.4, 0.5) is 5.69 Å². The maximum Gasteiger partial charge on any atom is 0.231 e. The number of nitrogens with zero attached hydrogens (tertiary/aromatic N) is 1. The summed E-state index contributed by atoms with van der Waals surface area (Å²) in [5, 5.41) is 0.739. The van der Waals surface area contributed by atoms with E-state index < -0.39 is 0 Å². The summed E-state index contributed by atoms with van der Waals surface area (Å²) in [5.74, 6) is 0.140. The van der Waals surface area contributed by atoms with Crippen LogP contribution in [0.2, 0.25) is 5.02 Å². The average molecular weight is 351 g/mol. The van der Waals surface area contributed by atoms with Crippen LogP contribution in [0.15, 0.2) is 42.5 Å². The summed E-state index contributed by atoms with van der Waals surface area (Å²) in [6.07, 6.45) is 0.474. The largest absolute Gasteiger partial charge is 0.315 e. The van der Waals surface area contributed by atoms with Crippen molar-refractivity contribution >= 4 is 39.1 Å². The highest BCUT2D eigenvalue weighted by Gasteiger charge is 2.25. The van der Waals surface area contributed by atoms with E-state index in [4.69, 9.17) is 11.6 Å². The van der Waals surface area contributed by atoms with Crippen LogP contribution >= 0.6 is 27.5 Å². The molecule has 0 N–H and O–H groups in total. The zero-order chi connectivity index (χ0) is 14.3. The van der Waals surface area contributed by atoms with Gasteiger partial charge in [-0.05, 0) is 28.8 Å². The number of amides is 1. The molecule has 0 spiro atoms. The molecule has 2 nitrogen and oxygen atoms in total. The van der Waals surface area contributed by atoms with E-state index >= 15 is 0 Å². The molecule has 0 saturated heterocycles. The molecule has 1 amide bonds. The Bertz CT molecular complexity index is 686. The first-order valence-electron chi connectivity index (χ1n) is 6.36. The molecule has 0 aromatic heterocycles. The lowest BCUT2D eigenvalue weighted by Crippen LogP contribution is -2.20. The molecule has 20 heavy (non-hydrogen) atoms. The summed E-state index contributed by atoms with van der Waals surface area (Å²) in [5.41, 5.74) is 4.22. The minimum Gasteiger partial charge on any atom is -0.315 e. The van der Waals surface area contributed by atoms with Crippen LogP contribution in [0.25, 0.3) is 0 Å². The van der Waals surface area contributed by atoms with Crippen LogP contribution < -0.4 is 4.90 Å². The molecule has 0 aliphatic carbocycles. The van der Waals surface area contributed by atoms with Gasteiger partial charge >= 0.3 is 0 Å². The number of halogens is 2. The molecular weight excluding hydrogens is 338 g/mol. The van der Waals surface area contributed by atoms with Gasteiger partial charge in [0.15, 0.2) is 0 Å². The Morgan fingerprint density at radius 1 is 1.25 bits per heavy atom. The first-order chi connectivity index (χ1) is 9.58. The number of hydrogen-bond acceptors (Lipinski definition) is 1. The maximum absolute atomic E-state index is 11.7. The molecule has 3 rings (SSSR count). The van der Waals surface area contributed by atoms with Gasteiger partial charge in [0.25, 0.3) is 0 Å². The Morgan fingerprint density at radius 3 is 2.75 bits per heavy atom. The molecule has 2 aromatic carbocycles. The molecule has 0 fully saturated rings. The summed E-state index contributed by atoms with van der Waals surface area (Å²) in [4.78, 5) is 13.5. The van der Waals surface area contributed by atoms with Crippen molar-refractivity contribution in [2.24, 2.45) is 0 Å². The number of benzene rings is 2. The van der Waals surface area contributed by atoms with Gasteiger partial charge in [0.2, 0.25) is 5.91 Å². The first kappa shape index (κ1) is 13.7. The number of anilines is 1. The van der Waals surface area contributed by atoms with Crippen molar-refractivity contribution in [1.29, 1.82) is 0 Å². The number of rotatable bonds is 2. The van der Waals surface area contributed by atoms with Gasteiger partial charge in [-0.15, -0.1) is 0 Å².